The van der Waals surface area contributed by atoms with E-state index in [0.717, 1.165) is 0 Å². The van der Waals surface area contributed by atoms with Crippen molar-refractivity contribution in [2.45, 2.75) is 38.1 Å². The molecule has 0 aromatic heterocycles. The van der Waals surface area contributed by atoms with Gasteiger partial charge >= 0.3 is 0 Å². The van der Waals surface area contributed by atoms with Crippen LogP contribution in [0.4, 0.5) is 0 Å². The number of hydrogen-bond donors (Lipinski definition) is 1. The molecule has 0 unspecified atom stereocenters. The highest BCUT2D eigenvalue weighted by Gasteiger charge is 2.27. The van der Waals surface area contributed by atoms with E-state index in [-0.39, 0.29) is 17.5 Å². The second kappa shape index (κ2) is 7.44. The number of benzene rings is 1. The Balaban J connectivity index is 3.29. The van der Waals surface area contributed by atoms with E-state index in [4.69, 9.17) is 5.11 Å². The van der Waals surface area contributed by atoms with E-state index in [0.29, 0.717) is 18.5 Å². The Hall–Kier alpha value is -1.35. The third-order valence-corrected chi connectivity index (χ3v) is 5.03. The first-order chi connectivity index (χ1) is 9.45. The van der Waals surface area contributed by atoms with Crippen molar-refractivity contribution in [3.05, 3.63) is 29.8 Å². The molecule has 0 atom stereocenters. The van der Waals surface area contributed by atoms with Crippen LogP contribution < -0.4 is 0 Å². The molecule has 0 bridgehead atoms. The molecule has 0 aliphatic carbocycles. The molecule has 1 rings (SSSR count). The highest BCUT2D eigenvalue weighted by Crippen LogP contribution is 2.21. The van der Waals surface area contributed by atoms with Crippen LogP contribution in [0, 0.1) is 11.8 Å². The maximum atomic E-state index is 12.7. The fraction of sp³-hybridized carbons (Fsp3) is 0.467. The van der Waals surface area contributed by atoms with Gasteiger partial charge in [-0.25, -0.2) is 8.42 Å². The zero-order valence-corrected chi connectivity index (χ0v) is 12.9. The molecule has 20 heavy (non-hydrogen) atoms. The highest BCUT2D eigenvalue weighted by molar-refractivity contribution is 7.89. The van der Waals surface area contributed by atoms with Crippen LogP contribution in [0.25, 0.3) is 0 Å². The second-order valence-electron chi connectivity index (χ2n) is 4.57. The Morgan fingerprint density at radius 2 is 1.95 bits per heavy atom. The largest absolute Gasteiger partial charge is 0.395 e. The molecule has 0 saturated carbocycles. The quantitative estimate of drug-likeness (QED) is 0.843. The standard InChI is InChI=1S/C15H21NO3S/c1-4-16(13(2)3)20(18,19)15-11-6-5-9-14(15)10-7-8-12-17/h5-6,9,11,13,17H,4,8,12H2,1-3H3. The van der Waals surface area contributed by atoms with Gasteiger partial charge in [0, 0.05) is 24.6 Å². The van der Waals surface area contributed by atoms with Crippen molar-refractivity contribution >= 4 is 10.0 Å². The van der Waals surface area contributed by atoms with Gasteiger partial charge in [-0.3, -0.25) is 0 Å². The van der Waals surface area contributed by atoms with Crippen molar-refractivity contribution in [1.82, 2.24) is 4.31 Å². The van der Waals surface area contributed by atoms with Gasteiger partial charge in [0.15, 0.2) is 0 Å². The summed E-state index contributed by atoms with van der Waals surface area (Å²) in [6.07, 6.45) is 0.329. The topological polar surface area (TPSA) is 57.6 Å². The van der Waals surface area contributed by atoms with E-state index in [1.165, 1.54) is 4.31 Å². The van der Waals surface area contributed by atoms with Gasteiger partial charge in [-0.2, -0.15) is 4.31 Å². The minimum Gasteiger partial charge on any atom is -0.395 e. The lowest BCUT2D eigenvalue weighted by Crippen LogP contribution is -2.37. The first kappa shape index (κ1) is 16.7. The van der Waals surface area contributed by atoms with Crippen LogP contribution >= 0.6 is 0 Å². The minimum atomic E-state index is -3.55. The highest BCUT2D eigenvalue weighted by atomic mass is 32.2. The molecule has 1 N–H and O–H groups in total. The van der Waals surface area contributed by atoms with E-state index < -0.39 is 10.0 Å². The summed E-state index contributed by atoms with van der Waals surface area (Å²) in [6.45, 7) is 5.90. The SMILES string of the molecule is CCN(C(C)C)S(=O)(=O)c1ccccc1C#CCCO. The van der Waals surface area contributed by atoms with Gasteiger partial charge in [0.05, 0.1) is 11.5 Å². The fourth-order valence-electron chi connectivity index (χ4n) is 1.95. The summed E-state index contributed by atoms with van der Waals surface area (Å²) in [5.41, 5.74) is 0.472. The van der Waals surface area contributed by atoms with Gasteiger partial charge in [-0.15, -0.1) is 0 Å². The molecule has 1 aromatic carbocycles. The Morgan fingerprint density at radius 3 is 2.50 bits per heavy atom. The Kier molecular flexibility index (Phi) is 6.21. The Labute approximate surface area is 121 Å². The summed E-state index contributed by atoms with van der Waals surface area (Å²) in [4.78, 5) is 0.223. The number of hydrogen-bond acceptors (Lipinski definition) is 3. The molecular weight excluding hydrogens is 274 g/mol. The van der Waals surface area contributed by atoms with Crippen molar-refractivity contribution in [3.63, 3.8) is 0 Å². The van der Waals surface area contributed by atoms with E-state index >= 15 is 0 Å². The molecule has 5 heteroatoms. The van der Waals surface area contributed by atoms with Crippen molar-refractivity contribution in [2.75, 3.05) is 13.2 Å². The van der Waals surface area contributed by atoms with Crippen LogP contribution in [0.2, 0.25) is 0 Å². The summed E-state index contributed by atoms with van der Waals surface area (Å²) < 4.78 is 26.8. The molecule has 4 nitrogen and oxygen atoms in total. The zero-order chi connectivity index (χ0) is 15.2. The predicted molar refractivity (Wildman–Crippen MR) is 79.7 cm³/mol. The van der Waals surface area contributed by atoms with E-state index in [1.807, 2.05) is 20.8 Å². The normalized spacial score (nSPS) is 11.5. The van der Waals surface area contributed by atoms with Crippen molar-refractivity contribution < 1.29 is 13.5 Å². The van der Waals surface area contributed by atoms with Crippen molar-refractivity contribution in [3.8, 4) is 11.8 Å². The third kappa shape index (κ3) is 3.83. The lowest BCUT2D eigenvalue weighted by atomic mass is 10.2. The summed E-state index contributed by atoms with van der Waals surface area (Å²) in [5.74, 6) is 5.59. The van der Waals surface area contributed by atoms with Gasteiger partial charge in [-0.05, 0) is 26.0 Å². The van der Waals surface area contributed by atoms with Gasteiger partial charge in [0.25, 0.3) is 0 Å². The zero-order valence-electron chi connectivity index (χ0n) is 12.1. The molecule has 110 valence electrons. The molecule has 0 aliphatic rings. The van der Waals surface area contributed by atoms with E-state index in [1.54, 1.807) is 24.3 Å². The summed E-state index contributed by atoms with van der Waals surface area (Å²) in [6, 6.07) is 6.60. The van der Waals surface area contributed by atoms with Gasteiger partial charge in [-0.1, -0.05) is 30.9 Å². The van der Waals surface area contributed by atoms with Crippen LogP contribution in [0.15, 0.2) is 29.2 Å². The average Bonchev–Trinajstić information content (AvgIpc) is 2.39. The fourth-order valence-corrected chi connectivity index (χ4v) is 3.74. The number of aliphatic hydroxyl groups is 1. The molecule has 0 heterocycles. The average molecular weight is 295 g/mol. The summed E-state index contributed by atoms with van der Waals surface area (Å²) in [7, 11) is -3.55. The van der Waals surface area contributed by atoms with Crippen LogP contribution in [-0.4, -0.2) is 37.0 Å². The van der Waals surface area contributed by atoms with Gasteiger partial charge < -0.3 is 5.11 Å². The van der Waals surface area contributed by atoms with Gasteiger partial charge in [0.2, 0.25) is 10.0 Å². The maximum Gasteiger partial charge on any atom is 0.244 e. The first-order valence-electron chi connectivity index (χ1n) is 6.65. The lowest BCUT2D eigenvalue weighted by molar-refractivity contribution is 0.305. The number of aliphatic hydroxyl groups excluding tert-OH is 1. The summed E-state index contributed by atoms with van der Waals surface area (Å²) >= 11 is 0. The smallest absolute Gasteiger partial charge is 0.244 e. The molecule has 0 aliphatic heterocycles. The molecule has 0 fully saturated rings. The number of sulfonamides is 1. The maximum absolute atomic E-state index is 12.7. The van der Waals surface area contributed by atoms with E-state index in [9.17, 15) is 8.42 Å². The van der Waals surface area contributed by atoms with Crippen LogP contribution in [0.3, 0.4) is 0 Å². The van der Waals surface area contributed by atoms with Crippen LogP contribution in [0.5, 0.6) is 0 Å². The summed E-state index contributed by atoms with van der Waals surface area (Å²) in [5, 5.41) is 8.74. The lowest BCUT2D eigenvalue weighted by Gasteiger charge is -2.24. The van der Waals surface area contributed by atoms with Crippen molar-refractivity contribution in [1.29, 1.82) is 0 Å². The molecule has 0 amide bonds. The molecule has 0 radical (unpaired) electrons. The number of nitrogens with zero attached hydrogens (tertiary/aromatic N) is 1. The number of rotatable bonds is 5. The molecule has 1 aromatic rings. The minimum absolute atomic E-state index is 0.0327. The van der Waals surface area contributed by atoms with Gasteiger partial charge in [0.1, 0.15) is 0 Å². The molecule has 0 spiro atoms. The monoisotopic (exact) mass is 295 g/mol. The van der Waals surface area contributed by atoms with E-state index in [2.05, 4.69) is 11.8 Å². The van der Waals surface area contributed by atoms with Crippen molar-refractivity contribution in [2.24, 2.45) is 0 Å². The molecule has 0 saturated heterocycles. The predicted octanol–water partition coefficient (Wildman–Crippen LogP) is 1.84. The molecular formula is C15H21NO3S. The third-order valence-electron chi connectivity index (χ3n) is 2.82. The Bertz CT molecular complexity index is 597. The second-order valence-corrected chi connectivity index (χ2v) is 6.43. The van der Waals surface area contributed by atoms with Crippen LogP contribution in [-0.2, 0) is 10.0 Å². The first-order valence-corrected chi connectivity index (χ1v) is 8.09. The van der Waals surface area contributed by atoms with Crippen LogP contribution in [0.1, 0.15) is 32.8 Å². The Morgan fingerprint density at radius 1 is 1.30 bits per heavy atom.